The molecule has 51 heavy (non-hydrogen) atoms. The van der Waals surface area contributed by atoms with Gasteiger partial charge in [0, 0.05) is 54.0 Å². The SMILES string of the molecule is C=C1N=C(N)CCC1N1CCN(CCCCCCCn2cc(-c3ccc4c(c3)C(c3ccc(Cl)cc3)=NC3(CC3)c3nnc(C)n3-4)cn2)CC1=O. The number of carbonyl (C=O) groups is 1. The molecule has 1 aliphatic carbocycles. The van der Waals surface area contributed by atoms with E-state index in [1.54, 1.807) is 0 Å². The van der Waals surface area contributed by atoms with Crippen LogP contribution >= 0.6 is 11.6 Å². The second-order valence-electron chi connectivity index (χ2n) is 14.4. The van der Waals surface area contributed by atoms with Crippen LogP contribution in [-0.2, 0) is 16.9 Å². The molecule has 1 saturated carbocycles. The van der Waals surface area contributed by atoms with E-state index in [0.29, 0.717) is 23.1 Å². The molecule has 8 rings (SSSR count). The number of nitrogens with two attached hydrogens (primary N) is 1. The van der Waals surface area contributed by atoms with Gasteiger partial charge in [0.25, 0.3) is 0 Å². The largest absolute Gasteiger partial charge is 0.387 e. The molecule has 1 spiro atoms. The Kier molecular flexibility index (Phi) is 9.10. The second kappa shape index (κ2) is 13.8. The van der Waals surface area contributed by atoms with Crippen LogP contribution in [0.1, 0.15) is 80.6 Å². The highest BCUT2D eigenvalue weighted by Gasteiger charge is 2.51. The fourth-order valence-electron chi connectivity index (χ4n) is 7.79. The van der Waals surface area contributed by atoms with Gasteiger partial charge in [-0.25, -0.2) is 4.99 Å². The zero-order valence-electron chi connectivity index (χ0n) is 29.3. The molecule has 1 unspecified atom stereocenters. The Morgan fingerprint density at radius 1 is 0.961 bits per heavy atom. The first-order chi connectivity index (χ1) is 24.8. The summed E-state index contributed by atoms with van der Waals surface area (Å²) in [7, 11) is 0. The molecule has 5 heterocycles. The Labute approximate surface area is 303 Å². The maximum atomic E-state index is 12.9. The summed E-state index contributed by atoms with van der Waals surface area (Å²) in [5, 5.41) is 14.5. The highest BCUT2D eigenvalue weighted by atomic mass is 35.5. The fraction of sp³-hybridized carbons (Fsp3) is 0.436. The molecular weight excluding hydrogens is 660 g/mol. The van der Waals surface area contributed by atoms with Crippen molar-refractivity contribution in [3.05, 3.63) is 94.9 Å². The molecule has 11 nitrogen and oxygen atoms in total. The molecule has 4 aromatic rings. The van der Waals surface area contributed by atoms with E-state index >= 15 is 0 Å². The third kappa shape index (κ3) is 6.77. The number of aliphatic imine (C=N–C) groups is 2. The number of nitrogens with zero attached hydrogens (tertiary/aromatic N) is 9. The van der Waals surface area contributed by atoms with E-state index in [9.17, 15) is 4.79 Å². The molecule has 2 aromatic heterocycles. The van der Waals surface area contributed by atoms with Crippen molar-refractivity contribution in [2.24, 2.45) is 15.7 Å². The smallest absolute Gasteiger partial charge is 0.237 e. The highest BCUT2D eigenvalue weighted by molar-refractivity contribution is 6.30. The maximum absolute atomic E-state index is 12.9. The Hall–Kier alpha value is -4.61. The van der Waals surface area contributed by atoms with Gasteiger partial charge in [-0.2, -0.15) is 5.10 Å². The molecule has 0 radical (unpaired) electrons. The first-order valence-electron chi connectivity index (χ1n) is 18.3. The standard InChI is InChI=1S/C39H45ClN10O/c1-26-33(14-15-35(41)43-26)49-21-20-47(25-36(49)51)18-6-4-3-5-7-19-48-24-30(23-42-48)29-10-13-34-32(22-29)37(28-8-11-31(40)12-9-28)44-39(16-17-39)38-46-45-27(2)50(34)38/h8-13,22-24,33H,1,3-7,14-21,25H2,2H3,(H2,41,43). The molecule has 1 saturated heterocycles. The average Bonchev–Trinajstić information content (AvgIpc) is 3.60. The zero-order valence-corrected chi connectivity index (χ0v) is 30.0. The van der Waals surface area contributed by atoms with Gasteiger partial charge in [0.1, 0.15) is 11.4 Å². The zero-order chi connectivity index (χ0) is 35.1. The lowest BCUT2D eigenvalue weighted by Crippen LogP contribution is -2.55. The minimum Gasteiger partial charge on any atom is -0.387 e. The Morgan fingerprint density at radius 3 is 2.49 bits per heavy atom. The average molecular weight is 705 g/mol. The van der Waals surface area contributed by atoms with Crippen molar-refractivity contribution >= 4 is 29.1 Å². The number of fused-ring (bicyclic) bond motifs is 4. The van der Waals surface area contributed by atoms with Crippen molar-refractivity contribution < 1.29 is 4.79 Å². The van der Waals surface area contributed by atoms with Crippen LogP contribution in [0.3, 0.4) is 0 Å². The Bertz CT molecular complexity index is 2020. The van der Waals surface area contributed by atoms with Crippen LogP contribution in [-0.4, -0.2) is 84.0 Å². The molecule has 2 fully saturated rings. The molecule has 1 amide bonds. The summed E-state index contributed by atoms with van der Waals surface area (Å²) < 4.78 is 4.24. The predicted molar refractivity (Wildman–Crippen MR) is 200 cm³/mol. The summed E-state index contributed by atoms with van der Waals surface area (Å²) in [4.78, 5) is 26.9. The van der Waals surface area contributed by atoms with E-state index in [-0.39, 0.29) is 17.5 Å². The number of aromatic nitrogens is 5. The van der Waals surface area contributed by atoms with Gasteiger partial charge in [0.2, 0.25) is 5.91 Å². The third-order valence-corrected chi connectivity index (χ3v) is 11.0. The number of rotatable bonds is 11. The van der Waals surface area contributed by atoms with Crippen molar-refractivity contribution in [1.29, 1.82) is 0 Å². The van der Waals surface area contributed by atoms with Crippen LogP contribution in [0.5, 0.6) is 0 Å². The van der Waals surface area contributed by atoms with Gasteiger partial charge in [-0.15, -0.1) is 10.2 Å². The van der Waals surface area contributed by atoms with Gasteiger partial charge in [-0.05, 0) is 75.4 Å². The quantitative estimate of drug-likeness (QED) is 0.190. The summed E-state index contributed by atoms with van der Waals surface area (Å²) >= 11 is 6.28. The van der Waals surface area contributed by atoms with Crippen LogP contribution in [0.15, 0.2) is 77.1 Å². The number of benzene rings is 2. The molecule has 12 heteroatoms. The van der Waals surface area contributed by atoms with Gasteiger partial charge in [0.15, 0.2) is 5.82 Å². The minimum absolute atomic E-state index is 0.00816. The number of amidine groups is 1. The number of unbranched alkanes of at least 4 members (excludes halogenated alkanes) is 4. The molecule has 4 aliphatic rings. The summed E-state index contributed by atoms with van der Waals surface area (Å²) in [6.45, 7) is 10.0. The third-order valence-electron chi connectivity index (χ3n) is 10.8. The normalized spacial score (nSPS) is 19.8. The van der Waals surface area contributed by atoms with Crippen molar-refractivity contribution in [2.45, 2.75) is 82.8 Å². The summed E-state index contributed by atoms with van der Waals surface area (Å²) in [5.74, 6) is 2.58. The van der Waals surface area contributed by atoms with Crippen molar-refractivity contribution in [3.63, 3.8) is 0 Å². The van der Waals surface area contributed by atoms with Crippen molar-refractivity contribution in [3.8, 4) is 16.8 Å². The van der Waals surface area contributed by atoms with Gasteiger partial charge >= 0.3 is 0 Å². The number of piperazine rings is 1. The lowest BCUT2D eigenvalue weighted by atomic mass is 9.96. The lowest BCUT2D eigenvalue weighted by Gasteiger charge is -2.40. The Morgan fingerprint density at radius 2 is 1.73 bits per heavy atom. The molecule has 264 valence electrons. The number of aryl methyl sites for hydroxylation is 2. The first kappa shape index (κ1) is 33.5. The van der Waals surface area contributed by atoms with Crippen LogP contribution in [0, 0.1) is 6.92 Å². The molecule has 1 atom stereocenters. The summed E-state index contributed by atoms with van der Waals surface area (Å²) in [5.41, 5.74) is 12.5. The maximum Gasteiger partial charge on any atom is 0.237 e. The van der Waals surface area contributed by atoms with Crippen LogP contribution in [0.4, 0.5) is 0 Å². The van der Waals surface area contributed by atoms with E-state index < -0.39 is 0 Å². The molecular formula is C39H45ClN10O. The lowest BCUT2D eigenvalue weighted by molar-refractivity contribution is -0.138. The van der Waals surface area contributed by atoms with Gasteiger partial charge in [0.05, 0.1) is 41.7 Å². The van der Waals surface area contributed by atoms with E-state index in [4.69, 9.17) is 27.4 Å². The number of hydrogen-bond donors (Lipinski definition) is 1. The number of carbonyl (C=O) groups excluding carboxylic acids is 1. The summed E-state index contributed by atoms with van der Waals surface area (Å²) in [6.07, 6.45) is 13.2. The fourth-order valence-corrected chi connectivity index (χ4v) is 7.92. The number of halogens is 1. The van der Waals surface area contributed by atoms with Crippen LogP contribution in [0.2, 0.25) is 5.02 Å². The van der Waals surface area contributed by atoms with E-state index in [1.807, 2.05) is 30.2 Å². The van der Waals surface area contributed by atoms with Crippen LogP contribution < -0.4 is 5.73 Å². The van der Waals surface area contributed by atoms with Gasteiger partial charge in [-0.3, -0.25) is 23.9 Å². The van der Waals surface area contributed by atoms with E-state index in [2.05, 4.69) is 72.4 Å². The van der Waals surface area contributed by atoms with Gasteiger partial charge in [-0.1, -0.05) is 55.6 Å². The summed E-state index contributed by atoms with van der Waals surface area (Å²) in [6, 6.07) is 14.5. The van der Waals surface area contributed by atoms with Gasteiger partial charge < -0.3 is 10.6 Å². The van der Waals surface area contributed by atoms with Crippen molar-refractivity contribution in [1.82, 2.24) is 34.3 Å². The first-order valence-corrected chi connectivity index (χ1v) is 18.7. The van der Waals surface area contributed by atoms with Crippen LogP contribution in [0.25, 0.3) is 16.8 Å². The number of hydrogen-bond acceptors (Lipinski definition) is 8. The predicted octanol–water partition coefficient (Wildman–Crippen LogP) is 6.06. The molecule has 0 bridgehead atoms. The second-order valence-corrected chi connectivity index (χ2v) is 14.8. The molecule has 3 aliphatic heterocycles. The Balaban J connectivity index is 0.854. The van der Waals surface area contributed by atoms with E-state index in [0.717, 1.165) is 123 Å². The molecule has 2 aromatic carbocycles. The van der Waals surface area contributed by atoms with E-state index in [1.165, 1.54) is 6.42 Å². The monoisotopic (exact) mass is 704 g/mol. The topological polar surface area (TPSA) is 123 Å². The molecule has 2 N–H and O–H groups in total. The highest BCUT2D eigenvalue weighted by Crippen LogP contribution is 2.52. The minimum atomic E-state index is -0.342. The van der Waals surface area contributed by atoms with Crippen molar-refractivity contribution in [2.75, 3.05) is 26.2 Å². The number of amides is 1.